The van der Waals surface area contributed by atoms with Crippen LogP contribution < -0.4 is 4.72 Å². The van der Waals surface area contributed by atoms with Gasteiger partial charge in [0.25, 0.3) is 15.7 Å². The number of hydrogen-bond donors (Lipinski definition) is 1. The molecule has 0 spiro atoms. The van der Waals surface area contributed by atoms with Gasteiger partial charge in [0.05, 0.1) is 16.7 Å². The Morgan fingerprint density at radius 3 is 2.52 bits per heavy atom. The second kappa shape index (κ2) is 5.62. The lowest BCUT2D eigenvalue weighted by Gasteiger charge is -2.08. The highest BCUT2D eigenvalue weighted by Gasteiger charge is 2.18. The van der Waals surface area contributed by atoms with Crippen LogP contribution >= 0.6 is 11.6 Å². The molecule has 0 aliphatic carbocycles. The Morgan fingerprint density at radius 1 is 1.29 bits per heavy atom. The van der Waals surface area contributed by atoms with Gasteiger partial charge in [0, 0.05) is 12.3 Å². The first-order chi connectivity index (χ1) is 9.79. The first-order valence-corrected chi connectivity index (χ1v) is 7.24. The summed E-state index contributed by atoms with van der Waals surface area (Å²) in [5, 5.41) is 10.6. The summed E-state index contributed by atoms with van der Waals surface area (Å²) in [4.78, 5) is 13.1. The second-order valence-electron chi connectivity index (χ2n) is 3.84. The highest BCUT2D eigenvalue weighted by Crippen LogP contribution is 2.23. The molecule has 1 heterocycles. The van der Waals surface area contributed by atoms with E-state index in [9.17, 15) is 22.9 Å². The van der Waals surface area contributed by atoms with E-state index in [-0.39, 0.29) is 10.0 Å². The fourth-order valence-corrected chi connectivity index (χ4v) is 2.55. The minimum atomic E-state index is -4.07. The Bertz CT molecular complexity index is 796. The lowest BCUT2D eigenvalue weighted by atomic mass is 10.3. The summed E-state index contributed by atoms with van der Waals surface area (Å²) in [5.41, 5.74) is -0.890. The summed E-state index contributed by atoms with van der Waals surface area (Å²) >= 11 is 5.54. The molecule has 0 fully saturated rings. The van der Waals surface area contributed by atoms with E-state index in [0.29, 0.717) is 6.07 Å². The van der Waals surface area contributed by atoms with Gasteiger partial charge in [0.1, 0.15) is 10.0 Å². The number of benzene rings is 1. The zero-order chi connectivity index (χ0) is 15.6. The number of rotatable bonds is 4. The van der Waals surface area contributed by atoms with E-state index in [1.807, 2.05) is 4.72 Å². The van der Waals surface area contributed by atoms with Crippen molar-refractivity contribution in [3.63, 3.8) is 0 Å². The van der Waals surface area contributed by atoms with Crippen molar-refractivity contribution < 1.29 is 17.7 Å². The molecule has 0 amide bonds. The molecule has 0 aliphatic rings. The quantitative estimate of drug-likeness (QED) is 0.527. The maximum Gasteiger partial charge on any atom is 0.272 e. The summed E-state index contributed by atoms with van der Waals surface area (Å²) in [6.07, 6.45) is 1.01. The molecule has 2 aromatic rings. The van der Waals surface area contributed by atoms with Crippen LogP contribution in [0.5, 0.6) is 0 Å². The number of sulfonamides is 1. The van der Waals surface area contributed by atoms with E-state index in [0.717, 1.165) is 18.3 Å². The molecular formula is C11H7ClFN3O4S. The molecule has 0 saturated carbocycles. The summed E-state index contributed by atoms with van der Waals surface area (Å²) in [6.45, 7) is 0. The monoisotopic (exact) mass is 331 g/mol. The van der Waals surface area contributed by atoms with Gasteiger partial charge in [-0.05, 0) is 18.2 Å². The van der Waals surface area contributed by atoms with Crippen LogP contribution in [-0.4, -0.2) is 18.3 Å². The van der Waals surface area contributed by atoms with Crippen LogP contribution in [0.2, 0.25) is 5.15 Å². The van der Waals surface area contributed by atoms with Gasteiger partial charge in [-0.15, -0.1) is 0 Å². The number of nitrogens with one attached hydrogen (secondary N) is 1. The average Bonchev–Trinajstić information content (AvgIpc) is 2.41. The van der Waals surface area contributed by atoms with E-state index in [1.165, 1.54) is 12.1 Å². The molecule has 7 nitrogen and oxygen atoms in total. The average molecular weight is 332 g/mol. The second-order valence-corrected chi connectivity index (χ2v) is 5.91. The highest BCUT2D eigenvalue weighted by atomic mass is 35.5. The van der Waals surface area contributed by atoms with Gasteiger partial charge < -0.3 is 0 Å². The molecule has 1 N–H and O–H groups in total. The summed E-state index contributed by atoms with van der Waals surface area (Å²) in [5.74, 6) is -1.06. The first kappa shape index (κ1) is 15.1. The Labute approximate surface area is 123 Å². The summed E-state index contributed by atoms with van der Waals surface area (Å²) in [6, 6.07) is 5.04. The predicted molar refractivity (Wildman–Crippen MR) is 73.1 cm³/mol. The largest absolute Gasteiger partial charge is 0.277 e. The van der Waals surface area contributed by atoms with E-state index in [4.69, 9.17) is 11.6 Å². The van der Waals surface area contributed by atoms with Crippen molar-refractivity contribution >= 4 is 33.0 Å². The van der Waals surface area contributed by atoms with E-state index in [1.54, 1.807) is 0 Å². The van der Waals surface area contributed by atoms with Crippen LogP contribution in [0.4, 0.5) is 15.8 Å². The van der Waals surface area contributed by atoms with E-state index < -0.39 is 32.1 Å². The number of anilines is 1. The molecule has 0 bridgehead atoms. The molecule has 0 saturated heterocycles. The highest BCUT2D eigenvalue weighted by molar-refractivity contribution is 7.92. The molecule has 0 radical (unpaired) electrons. The van der Waals surface area contributed by atoms with E-state index in [2.05, 4.69) is 4.98 Å². The minimum Gasteiger partial charge on any atom is -0.277 e. The number of nitrogens with zero attached hydrogens (tertiary/aromatic N) is 2. The normalized spacial score (nSPS) is 11.1. The topological polar surface area (TPSA) is 102 Å². The van der Waals surface area contributed by atoms with Gasteiger partial charge in [-0.3, -0.25) is 14.8 Å². The third-order valence-electron chi connectivity index (χ3n) is 2.42. The maximum absolute atomic E-state index is 13.7. The molecule has 10 heteroatoms. The SMILES string of the molecule is O=[N+]([O-])c1ccc(NS(=O)(=O)c2ccc(Cl)nc2)c(F)c1. The molecule has 1 aromatic carbocycles. The molecule has 0 unspecified atom stereocenters. The van der Waals surface area contributed by atoms with Crippen molar-refractivity contribution in [1.82, 2.24) is 4.98 Å². The Kier molecular flexibility index (Phi) is 4.05. The van der Waals surface area contributed by atoms with Crippen LogP contribution in [0.25, 0.3) is 0 Å². The maximum atomic E-state index is 13.7. The number of nitro groups is 1. The third kappa shape index (κ3) is 3.44. The number of nitro benzene ring substituents is 1. The van der Waals surface area contributed by atoms with E-state index >= 15 is 0 Å². The van der Waals surface area contributed by atoms with Crippen molar-refractivity contribution in [2.24, 2.45) is 0 Å². The molecule has 0 aliphatic heterocycles. The molecule has 0 atom stereocenters. The lowest BCUT2D eigenvalue weighted by Crippen LogP contribution is -2.14. The third-order valence-corrected chi connectivity index (χ3v) is 3.99. The Hall–Kier alpha value is -2.26. The lowest BCUT2D eigenvalue weighted by molar-refractivity contribution is -0.385. The van der Waals surface area contributed by atoms with Gasteiger partial charge in [-0.25, -0.2) is 17.8 Å². The summed E-state index contributed by atoms with van der Waals surface area (Å²) in [7, 11) is -4.07. The fraction of sp³-hybridized carbons (Fsp3) is 0. The van der Waals surface area contributed by atoms with Crippen molar-refractivity contribution in [2.45, 2.75) is 4.90 Å². The van der Waals surface area contributed by atoms with Crippen LogP contribution in [0.1, 0.15) is 0 Å². The minimum absolute atomic E-state index is 0.107. The number of pyridine rings is 1. The zero-order valence-electron chi connectivity index (χ0n) is 10.2. The molecule has 110 valence electrons. The predicted octanol–water partition coefficient (Wildman–Crippen LogP) is 2.58. The van der Waals surface area contributed by atoms with Gasteiger partial charge in [0.2, 0.25) is 0 Å². The van der Waals surface area contributed by atoms with Crippen LogP contribution in [0.3, 0.4) is 0 Å². The number of hydrogen-bond acceptors (Lipinski definition) is 5. The van der Waals surface area contributed by atoms with Crippen LogP contribution in [0.15, 0.2) is 41.4 Å². The number of halogens is 2. The fourth-order valence-electron chi connectivity index (χ4n) is 1.43. The van der Waals surface area contributed by atoms with Crippen molar-refractivity contribution in [3.8, 4) is 0 Å². The Morgan fingerprint density at radius 2 is 2.00 bits per heavy atom. The van der Waals surface area contributed by atoms with Gasteiger partial charge in [-0.1, -0.05) is 11.6 Å². The van der Waals surface area contributed by atoms with Crippen LogP contribution in [0, 0.1) is 15.9 Å². The summed E-state index contributed by atoms with van der Waals surface area (Å²) < 4.78 is 39.6. The number of aromatic nitrogens is 1. The van der Waals surface area contributed by atoms with Crippen molar-refractivity contribution in [1.29, 1.82) is 0 Å². The van der Waals surface area contributed by atoms with Crippen molar-refractivity contribution in [2.75, 3.05) is 4.72 Å². The van der Waals surface area contributed by atoms with Gasteiger partial charge >= 0.3 is 0 Å². The van der Waals surface area contributed by atoms with Crippen molar-refractivity contribution in [3.05, 3.63) is 57.6 Å². The standard InChI is InChI=1S/C11H7ClFN3O4S/c12-11-4-2-8(6-14-11)21(19,20)15-10-3-1-7(16(17)18)5-9(10)13/h1-6,15H. The molecule has 1 aromatic heterocycles. The zero-order valence-corrected chi connectivity index (χ0v) is 11.7. The first-order valence-electron chi connectivity index (χ1n) is 5.38. The molecule has 21 heavy (non-hydrogen) atoms. The molecule has 2 rings (SSSR count). The smallest absolute Gasteiger partial charge is 0.272 e. The van der Waals surface area contributed by atoms with Crippen LogP contribution in [-0.2, 0) is 10.0 Å². The molecular weight excluding hydrogens is 325 g/mol. The van der Waals surface area contributed by atoms with Gasteiger partial charge in [-0.2, -0.15) is 0 Å². The Balaban J connectivity index is 2.32. The van der Waals surface area contributed by atoms with Gasteiger partial charge in [0.15, 0.2) is 5.82 Å². The number of non-ortho nitro benzene ring substituents is 1.